The van der Waals surface area contributed by atoms with Crippen LogP contribution in [0.4, 0.5) is 5.69 Å². The molecule has 1 heterocycles. The molecular weight excluding hydrogens is 236 g/mol. The van der Waals surface area contributed by atoms with Gasteiger partial charge in [0.1, 0.15) is 0 Å². The largest absolute Gasteiger partial charge is 0.377 e. The van der Waals surface area contributed by atoms with Gasteiger partial charge in [0, 0.05) is 25.5 Å². The summed E-state index contributed by atoms with van der Waals surface area (Å²) >= 11 is 0. The molecular formula is C15H22N4. The Labute approximate surface area is 115 Å². The molecule has 2 aromatic rings. The lowest BCUT2D eigenvalue weighted by Gasteiger charge is -2.20. The second kappa shape index (κ2) is 5.89. The number of aromatic nitrogens is 2. The molecule has 19 heavy (non-hydrogen) atoms. The molecule has 0 radical (unpaired) electrons. The van der Waals surface area contributed by atoms with Gasteiger partial charge in [0.05, 0.1) is 11.7 Å². The Balaban J connectivity index is 2.17. The van der Waals surface area contributed by atoms with Crippen LogP contribution in [0.15, 0.2) is 36.5 Å². The van der Waals surface area contributed by atoms with Crippen molar-refractivity contribution >= 4 is 5.69 Å². The van der Waals surface area contributed by atoms with E-state index >= 15 is 0 Å². The fourth-order valence-corrected chi connectivity index (χ4v) is 2.26. The van der Waals surface area contributed by atoms with E-state index in [1.54, 1.807) is 0 Å². The number of anilines is 1. The summed E-state index contributed by atoms with van der Waals surface area (Å²) < 4.78 is 1.91. The molecule has 0 saturated carbocycles. The third-order valence-electron chi connectivity index (χ3n) is 3.18. The Morgan fingerprint density at radius 1 is 1.26 bits per heavy atom. The van der Waals surface area contributed by atoms with Gasteiger partial charge in [-0.15, -0.1) is 0 Å². The van der Waals surface area contributed by atoms with E-state index in [1.165, 1.54) is 16.9 Å². The highest BCUT2D eigenvalue weighted by molar-refractivity contribution is 5.52. The summed E-state index contributed by atoms with van der Waals surface area (Å²) in [7, 11) is 6.14. The number of hydrogen-bond donors (Lipinski definition) is 1. The Hall–Kier alpha value is -1.81. The van der Waals surface area contributed by atoms with E-state index in [-0.39, 0.29) is 6.04 Å². The molecule has 0 saturated heterocycles. The number of hydrogen-bond acceptors (Lipinski definition) is 3. The predicted molar refractivity (Wildman–Crippen MR) is 79.1 cm³/mol. The lowest BCUT2D eigenvalue weighted by atomic mass is 10.1. The zero-order valence-electron chi connectivity index (χ0n) is 12.1. The highest BCUT2D eigenvalue weighted by Crippen LogP contribution is 2.22. The van der Waals surface area contributed by atoms with Crippen LogP contribution in [0.2, 0.25) is 0 Å². The van der Waals surface area contributed by atoms with E-state index in [9.17, 15) is 0 Å². The van der Waals surface area contributed by atoms with Crippen molar-refractivity contribution in [3.8, 4) is 0 Å². The molecule has 0 aliphatic heterocycles. The predicted octanol–water partition coefficient (Wildman–Crippen LogP) is 2.65. The molecule has 1 N–H and O–H groups in total. The van der Waals surface area contributed by atoms with Gasteiger partial charge in [0.15, 0.2) is 0 Å². The van der Waals surface area contributed by atoms with Gasteiger partial charge < -0.3 is 10.2 Å². The van der Waals surface area contributed by atoms with Crippen LogP contribution in [-0.2, 0) is 13.6 Å². The van der Waals surface area contributed by atoms with Crippen molar-refractivity contribution in [2.45, 2.75) is 19.5 Å². The molecule has 1 aromatic carbocycles. The van der Waals surface area contributed by atoms with E-state index in [0.29, 0.717) is 0 Å². The highest BCUT2D eigenvalue weighted by Gasteiger charge is 2.11. The zero-order chi connectivity index (χ0) is 13.8. The first-order chi connectivity index (χ1) is 9.08. The highest BCUT2D eigenvalue weighted by atomic mass is 15.3. The molecule has 1 aromatic heterocycles. The second-order valence-electron chi connectivity index (χ2n) is 5.14. The van der Waals surface area contributed by atoms with Crippen molar-refractivity contribution in [2.24, 2.45) is 7.05 Å². The number of rotatable bonds is 5. The van der Waals surface area contributed by atoms with Gasteiger partial charge >= 0.3 is 0 Å². The van der Waals surface area contributed by atoms with E-state index in [0.717, 1.165) is 6.54 Å². The second-order valence-corrected chi connectivity index (χ2v) is 5.14. The van der Waals surface area contributed by atoms with Crippen molar-refractivity contribution in [1.82, 2.24) is 14.7 Å². The molecule has 0 amide bonds. The Kier molecular flexibility index (Phi) is 4.22. The topological polar surface area (TPSA) is 33.1 Å². The van der Waals surface area contributed by atoms with Crippen LogP contribution < -0.4 is 5.32 Å². The molecule has 1 unspecified atom stereocenters. The first-order valence-electron chi connectivity index (χ1n) is 6.55. The molecule has 0 aliphatic rings. The van der Waals surface area contributed by atoms with Crippen LogP contribution in [0, 0.1) is 0 Å². The third-order valence-corrected chi connectivity index (χ3v) is 3.18. The van der Waals surface area contributed by atoms with E-state index in [1.807, 2.05) is 24.0 Å². The van der Waals surface area contributed by atoms with Crippen molar-refractivity contribution in [1.29, 1.82) is 0 Å². The lowest BCUT2D eigenvalue weighted by molar-refractivity contribution is 0.403. The molecule has 102 valence electrons. The summed E-state index contributed by atoms with van der Waals surface area (Å²) in [5.41, 5.74) is 3.67. The first kappa shape index (κ1) is 13.6. The summed E-state index contributed by atoms with van der Waals surface area (Å²) in [6.45, 7) is 3.09. The van der Waals surface area contributed by atoms with E-state index < -0.39 is 0 Å². The van der Waals surface area contributed by atoms with Crippen molar-refractivity contribution < 1.29 is 0 Å². The minimum atomic E-state index is 0.232. The maximum atomic E-state index is 4.22. The molecule has 2 rings (SSSR count). The van der Waals surface area contributed by atoms with Gasteiger partial charge in [-0.3, -0.25) is 4.68 Å². The lowest BCUT2D eigenvalue weighted by Crippen LogP contribution is -2.15. The van der Waals surface area contributed by atoms with Gasteiger partial charge in [0.2, 0.25) is 0 Å². The number of aryl methyl sites for hydroxylation is 1. The van der Waals surface area contributed by atoms with Crippen LogP contribution in [0.3, 0.4) is 0 Å². The van der Waals surface area contributed by atoms with Crippen molar-refractivity contribution in [3.05, 3.63) is 47.8 Å². The minimum absolute atomic E-state index is 0.232. The zero-order valence-corrected chi connectivity index (χ0v) is 12.1. The third kappa shape index (κ3) is 3.35. The van der Waals surface area contributed by atoms with Crippen LogP contribution in [0.5, 0.6) is 0 Å². The van der Waals surface area contributed by atoms with Crippen LogP contribution in [0.1, 0.15) is 24.2 Å². The summed E-state index contributed by atoms with van der Waals surface area (Å²) in [4.78, 5) is 2.18. The van der Waals surface area contributed by atoms with E-state index in [2.05, 4.69) is 60.6 Å². The molecule has 0 fully saturated rings. The summed E-state index contributed by atoms with van der Waals surface area (Å²) in [6.07, 6.45) is 1.83. The summed E-state index contributed by atoms with van der Waals surface area (Å²) in [5, 5.41) is 7.79. The first-order valence-corrected chi connectivity index (χ1v) is 6.55. The molecule has 4 nitrogen and oxygen atoms in total. The number of nitrogens with one attached hydrogen (secondary N) is 1. The molecule has 0 aliphatic carbocycles. The average Bonchev–Trinajstić information content (AvgIpc) is 2.77. The van der Waals surface area contributed by atoms with Crippen LogP contribution in [0.25, 0.3) is 0 Å². The average molecular weight is 258 g/mol. The minimum Gasteiger partial charge on any atom is -0.377 e. The van der Waals surface area contributed by atoms with Gasteiger partial charge in [-0.25, -0.2) is 0 Å². The normalized spacial score (nSPS) is 12.7. The Bertz CT molecular complexity index is 530. The number of nitrogens with zero attached hydrogens (tertiary/aromatic N) is 3. The smallest absolute Gasteiger partial charge is 0.0654 e. The standard InChI is InChI=1S/C15H22N4/c1-12(15-9-10-16-19(15)4)17-14-8-6-5-7-13(14)11-18(2)3/h5-10,12,17H,11H2,1-4H3. The molecule has 4 heteroatoms. The molecule has 0 spiro atoms. The quantitative estimate of drug-likeness (QED) is 0.895. The van der Waals surface area contributed by atoms with Gasteiger partial charge in [0.25, 0.3) is 0 Å². The van der Waals surface area contributed by atoms with Crippen molar-refractivity contribution in [3.63, 3.8) is 0 Å². The number of benzene rings is 1. The maximum Gasteiger partial charge on any atom is 0.0654 e. The van der Waals surface area contributed by atoms with Gasteiger partial charge in [-0.05, 0) is 38.7 Å². The SMILES string of the molecule is CC(Nc1ccccc1CN(C)C)c1ccnn1C. The number of para-hydroxylation sites is 1. The Morgan fingerprint density at radius 2 is 2.00 bits per heavy atom. The maximum absolute atomic E-state index is 4.22. The van der Waals surface area contributed by atoms with E-state index in [4.69, 9.17) is 0 Å². The van der Waals surface area contributed by atoms with Crippen molar-refractivity contribution in [2.75, 3.05) is 19.4 Å². The fraction of sp³-hybridized carbons (Fsp3) is 0.400. The van der Waals surface area contributed by atoms with Gasteiger partial charge in [-0.1, -0.05) is 18.2 Å². The fourth-order valence-electron chi connectivity index (χ4n) is 2.26. The van der Waals surface area contributed by atoms with Crippen LogP contribution >= 0.6 is 0 Å². The van der Waals surface area contributed by atoms with Crippen LogP contribution in [-0.4, -0.2) is 28.8 Å². The summed E-state index contributed by atoms with van der Waals surface area (Å²) in [5.74, 6) is 0. The monoisotopic (exact) mass is 258 g/mol. The molecule has 1 atom stereocenters. The summed E-state index contributed by atoms with van der Waals surface area (Å²) in [6, 6.07) is 10.7. The molecule has 0 bridgehead atoms. The van der Waals surface area contributed by atoms with Gasteiger partial charge in [-0.2, -0.15) is 5.10 Å². The Morgan fingerprint density at radius 3 is 2.63 bits per heavy atom.